The highest BCUT2D eigenvalue weighted by Crippen LogP contribution is 2.30. The standard InChI is InChI=1S/C17H18N2O2S2/c20-23(21,18-11-12-4-3-9-22-12)13-7-8-17-15(10-13)14-5-1-2-6-16(14)19-17/h3-4,7-10,18-19H,1-2,5-6,11H2. The van der Waals surface area contributed by atoms with E-state index in [9.17, 15) is 8.42 Å². The van der Waals surface area contributed by atoms with Crippen LogP contribution < -0.4 is 4.72 Å². The number of rotatable bonds is 4. The van der Waals surface area contributed by atoms with Crippen LogP contribution in [-0.4, -0.2) is 13.4 Å². The van der Waals surface area contributed by atoms with Gasteiger partial charge in [-0.1, -0.05) is 6.07 Å². The van der Waals surface area contributed by atoms with Gasteiger partial charge in [-0.3, -0.25) is 0 Å². The third-order valence-electron chi connectivity index (χ3n) is 4.40. The number of nitrogens with one attached hydrogen (secondary N) is 2. The van der Waals surface area contributed by atoms with Gasteiger partial charge in [-0.25, -0.2) is 13.1 Å². The Kier molecular flexibility index (Phi) is 3.75. The second-order valence-electron chi connectivity index (χ2n) is 5.90. The molecule has 0 unspecified atom stereocenters. The Morgan fingerprint density at radius 3 is 2.87 bits per heavy atom. The van der Waals surface area contributed by atoms with Crippen molar-refractivity contribution < 1.29 is 8.42 Å². The summed E-state index contributed by atoms with van der Waals surface area (Å²) in [7, 11) is -3.49. The second kappa shape index (κ2) is 5.78. The Morgan fingerprint density at radius 1 is 1.17 bits per heavy atom. The van der Waals surface area contributed by atoms with Crippen molar-refractivity contribution in [3.63, 3.8) is 0 Å². The molecule has 120 valence electrons. The first-order valence-electron chi connectivity index (χ1n) is 7.79. The molecule has 6 heteroatoms. The van der Waals surface area contributed by atoms with Crippen molar-refractivity contribution in [2.24, 2.45) is 0 Å². The minimum absolute atomic E-state index is 0.337. The van der Waals surface area contributed by atoms with E-state index in [-0.39, 0.29) is 0 Å². The molecule has 0 bridgehead atoms. The van der Waals surface area contributed by atoms with Crippen molar-refractivity contribution in [3.05, 3.63) is 51.8 Å². The zero-order valence-corrected chi connectivity index (χ0v) is 14.3. The van der Waals surface area contributed by atoms with Gasteiger partial charge in [0.25, 0.3) is 0 Å². The molecule has 2 aromatic heterocycles. The summed E-state index contributed by atoms with van der Waals surface area (Å²) in [5.41, 5.74) is 3.60. The molecule has 2 heterocycles. The van der Waals surface area contributed by atoms with Crippen molar-refractivity contribution in [3.8, 4) is 0 Å². The number of aryl methyl sites for hydroxylation is 2. The van der Waals surface area contributed by atoms with Gasteiger partial charge in [-0.05, 0) is 60.9 Å². The average Bonchev–Trinajstić information content (AvgIpc) is 3.20. The van der Waals surface area contributed by atoms with E-state index < -0.39 is 10.0 Å². The number of hydrogen-bond donors (Lipinski definition) is 2. The van der Waals surface area contributed by atoms with E-state index in [1.54, 1.807) is 17.4 Å². The topological polar surface area (TPSA) is 62.0 Å². The fourth-order valence-corrected chi connectivity index (χ4v) is 4.98. The first-order chi connectivity index (χ1) is 11.1. The fourth-order valence-electron chi connectivity index (χ4n) is 3.21. The van der Waals surface area contributed by atoms with Crippen LogP contribution in [-0.2, 0) is 29.4 Å². The van der Waals surface area contributed by atoms with Crippen LogP contribution in [0.5, 0.6) is 0 Å². The molecule has 3 aromatic rings. The summed E-state index contributed by atoms with van der Waals surface area (Å²) < 4.78 is 27.8. The molecule has 0 saturated heterocycles. The first-order valence-corrected chi connectivity index (χ1v) is 10.2. The largest absolute Gasteiger partial charge is 0.358 e. The molecule has 0 amide bonds. The third kappa shape index (κ3) is 2.82. The Labute approximate surface area is 139 Å². The van der Waals surface area contributed by atoms with E-state index in [0.29, 0.717) is 11.4 Å². The van der Waals surface area contributed by atoms with Crippen molar-refractivity contribution in [2.75, 3.05) is 0 Å². The van der Waals surface area contributed by atoms with E-state index in [4.69, 9.17) is 0 Å². The molecule has 0 spiro atoms. The van der Waals surface area contributed by atoms with Crippen LogP contribution >= 0.6 is 11.3 Å². The number of hydrogen-bond acceptors (Lipinski definition) is 3. The van der Waals surface area contributed by atoms with Crippen molar-refractivity contribution in [2.45, 2.75) is 37.1 Å². The lowest BCUT2D eigenvalue weighted by Crippen LogP contribution is -2.22. The molecule has 4 nitrogen and oxygen atoms in total. The molecule has 1 aromatic carbocycles. The van der Waals surface area contributed by atoms with Crippen LogP contribution in [0.25, 0.3) is 10.9 Å². The zero-order chi connectivity index (χ0) is 15.9. The number of fused-ring (bicyclic) bond motifs is 3. The van der Waals surface area contributed by atoms with Gasteiger partial charge >= 0.3 is 0 Å². The summed E-state index contributed by atoms with van der Waals surface area (Å²) in [6, 6.07) is 9.23. The van der Waals surface area contributed by atoms with Crippen molar-refractivity contribution >= 4 is 32.3 Å². The van der Waals surface area contributed by atoms with Gasteiger partial charge in [0.15, 0.2) is 0 Å². The highest BCUT2D eigenvalue weighted by atomic mass is 32.2. The third-order valence-corrected chi connectivity index (χ3v) is 6.67. The lowest BCUT2D eigenvalue weighted by Gasteiger charge is -2.11. The van der Waals surface area contributed by atoms with Gasteiger partial charge in [0.2, 0.25) is 10.0 Å². The zero-order valence-electron chi connectivity index (χ0n) is 12.6. The lowest BCUT2D eigenvalue weighted by molar-refractivity contribution is 0.582. The van der Waals surface area contributed by atoms with Crippen LogP contribution in [0.3, 0.4) is 0 Å². The maximum Gasteiger partial charge on any atom is 0.240 e. The van der Waals surface area contributed by atoms with Gasteiger partial charge in [0, 0.05) is 28.0 Å². The summed E-state index contributed by atoms with van der Waals surface area (Å²) in [5, 5.41) is 3.00. The Morgan fingerprint density at radius 2 is 2.04 bits per heavy atom. The summed E-state index contributed by atoms with van der Waals surface area (Å²) in [6.07, 6.45) is 4.46. The van der Waals surface area contributed by atoms with E-state index in [1.165, 1.54) is 24.1 Å². The Balaban J connectivity index is 1.67. The number of thiophene rings is 1. The Hall–Kier alpha value is -1.63. The molecule has 4 rings (SSSR count). The van der Waals surface area contributed by atoms with Crippen molar-refractivity contribution in [1.29, 1.82) is 0 Å². The molecule has 1 aliphatic carbocycles. The van der Waals surface area contributed by atoms with E-state index in [0.717, 1.165) is 28.6 Å². The molecule has 2 N–H and O–H groups in total. The van der Waals surface area contributed by atoms with Crippen molar-refractivity contribution in [1.82, 2.24) is 9.71 Å². The van der Waals surface area contributed by atoms with E-state index >= 15 is 0 Å². The number of H-pyrrole nitrogens is 1. The second-order valence-corrected chi connectivity index (χ2v) is 8.70. The summed E-state index contributed by atoms with van der Waals surface area (Å²) in [4.78, 5) is 4.79. The number of aromatic nitrogens is 1. The maximum absolute atomic E-state index is 12.5. The smallest absolute Gasteiger partial charge is 0.240 e. The predicted octanol–water partition coefficient (Wildman–Crippen LogP) is 3.59. The van der Waals surface area contributed by atoms with Crippen LogP contribution in [0.4, 0.5) is 0 Å². The minimum atomic E-state index is -3.49. The summed E-state index contributed by atoms with van der Waals surface area (Å²) in [5.74, 6) is 0. The first kappa shape index (κ1) is 14.9. The molecule has 0 aliphatic heterocycles. The predicted molar refractivity (Wildman–Crippen MR) is 93.3 cm³/mol. The molecular formula is C17H18N2O2S2. The van der Waals surface area contributed by atoms with Gasteiger partial charge in [-0.2, -0.15) is 0 Å². The lowest BCUT2D eigenvalue weighted by atomic mass is 9.96. The van der Waals surface area contributed by atoms with Gasteiger partial charge in [-0.15, -0.1) is 11.3 Å². The highest BCUT2D eigenvalue weighted by molar-refractivity contribution is 7.89. The normalized spacial score (nSPS) is 15.0. The monoisotopic (exact) mass is 346 g/mol. The highest BCUT2D eigenvalue weighted by Gasteiger charge is 2.19. The molecular weight excluding hydrogens is 328 g/mol. The SMILES string of the molecule is O=S(=O)(NCc1cccs1)c1ccc2[nH]c3c(c2c1)CCCC3. The van der Waals surface area contributed by atoms with Crippen LogP contribution in [0.2, 0.25) is 0 Å². The quantitative estimate of drug-likeness (QED) is 0.758. The van der Waals surface area contributed by atoms with Crippen LogP contribution in [0, 0.1) is 0 Å². The molecule has 0 atom stereocenters. The number of aromatic amines is 1. The Bertz CT molecular complexity index is 941. The van der Waals surface area contributed by atoms with Gasteiger partial charge in [0.05, 0.1) is 4.90 Å². The van der Waals surface area contributed by atoms with Crippen LogP contribution in [0.1, 0.15) is 29.0 Å². The molecule has 1 aliphatic rings. The molecule has 0 saturated carbocycles. The molecule has 23 heavy (non-hydrogen) atoms. The van der Waals surface area contributed by atoms with E-state index in [1.807, 2.05) is 29.6 Å². The molecule has 0 fully saturated rings. The number of sulfonamides is 1. The summed E-state index contributed by atoms with van der Waals surface area (Å²) >= 11 is 1.55. The summed E-state index contributed by atoms with van der Waals surface area (Å²) in [6.45, 7) is 0.337. The van der Waals surface area contributed by atoms with Crippen LogP contribution in [0.15, 0.2) is 40.6 Å². The number of benzene rings is 1. The van der Waals surface area contributed by atoms with E-state index in [2.05, 4.69) is 9.71 Å². The fraction of sp³-hybridized carbons (Fsp3) is 0.294. The minimum Gasteiger partial charge on any atom is -0.358 e. The average molecular weight is 346 g/mol. The van der Waals surface area contributed by atoms with Gasteiger partial charge in [0.1, 0.15) is 0 Å². The van der Waals surface area contributed by atoms with Gasteiger partial charge < -0.3 is 4.98 Å². The maximum atomic E-state index is 12.5. The molecule has 0 radical (unpaired) electrons.